The maximum atomic E-state index is 13.6. The minimum absolute atomic E-state index is 0.0320. The molecule has 1 aliphatic heterocycles. The second kappa shape index (κ2) is 9.93. The van der Waals surface area contributed by atoms with E-state index in [1.165, 1.54) is 24.3 Å². The summed E-state index contributed by atoms with van der Waals surface area (Å²) < 4.78 is 61.8. The van der Waals surface area contributed by atoms with Crippen molar-refractivity contribution in [3.8, 4) is 0 Å². The third kappa shape index (κ3) is 5.06. The highest BCUT2D eigenvalue weighted by Gasteiger charge is 2.60. The first-order chi connectivity index (χ1) is 16.2. The number of carboxylic acids is 1. The van der Waals surface area contributed by atoms with Crippen molar-refractivity contribution in [3.63, 3.8) is 0 Å². The molecule has 0 radical (unpaired) electrons. The third-order valence-corrected chi connectivity index (χ3v) is 8.29. The Morgan fingerprint density at radius 1 is 1.09 bits per heavy atom. The summed E-state index contributed by atoms with van der Waals surface area (Å²) in [5.74, 6) is -1.88. The molecule has 0 aromatic heterocycles. The molecule has 9 heteroatoms. The molecule has 4 rings (SSSR count). The van der Waals surface area contributed by atoms with E-state index in [9.17, 15) is 22.0 Å². The minimum Gasteiger partial charge on any atom is -0.481 e. The van der Waals surface area contributed by atoms with E-state index in [-0.39, 0.29) is 29.2 Å². The molecular weight excluding hydrogens is 464 g/mol. The summed E-state index contributed by atoms with van der Waals surface area (Å²) in [5, 5.41) is 8.79. The van der Waals surface area contributed by atoms with Crippen molar-refractivity contribution >= 4 is 16.0 Å². The van der Waals surface area contributed by atoms with Crippen molar-refractivity contribution in [3.05, 3.63) is 77.9 Å². The first-order valence-corrected chi connectivity index (χ1v) is 12.7. The number of aliphatic carboxylic acids is 1. The van der Waals surface area contributed by atoms with Crippen LogP contribution in [0.4, 0.5) is 8.78 Å². The average molecular weight is 492 g/mol. The normalized spacial score (nSPS) is 26.4. The fraction of sp³-hybridized carbons (Fsp3) is 0.400. The van der Waals surface area contributed by atoms with Crippen molar-refractivity contribution in [1.29, 1.82) is 0 Å². The van der Waals surface area contributed by atoms with E-state index in [4.69, 9.17) is 9.84 Å². The third-order valence-electron chi connectivity index (χ3n) is 6.82. The minimum atomic E-state index is -3.93. The Morgan fingerprint density at radius 2 is 1.74 bits per heavy atom. The number of carboxylic acid groups (broad SMARTS) is 1. The summed E-state index contributed by atoms with van der Waals surface area (Å²) in [6, 6.07) is 10.4. The molecule has 2 bridgehead atoms. The molecule has 182 valence electrons. The van der Waals surface area contributed by atoms with Crippen LogP contribution < -0.4 is 4.72 Å². The molecule has 0 spiro atoms. The summed E-state index contributed by atoms with van der Waals surface area (Å²) in [7, 11) is -3.93. The lowest BCUT2D eigenvalue weighted by Crippen LogP contribution is -2.51. The number of nitrogens with one attached hydrogen (secondary N) is 1. The number of allylic oxidation sites excluding steroid dienone is 2. The van der Waals surface area contributed by atoms with Crippen molar-refractivity contribution in [2.45, 2.75) is 54.6 Å². The summed E-state index contributed by atoms with van der Waals surface area (Å²) in [6.07, 6.45) is 5.86. The van der Waals surface area contributed by atoms with Crippen LogP contribution in [0.25, 0.3) is 0 Å². The number of fused-ring (bicyclic) bond motifs is 2. The highest BCUT2D eigenvalue weighted by atomic mass is 32.2. The molecule has 4 atom stereocenters. The highest BCUT2D eigenvalue weighted by Crippen LogP contribution is 2.54. The van der Waals surface area contributed by atoms with Crippen molar-refractivity contribution in [2.24, 2.45) is 5.92 Å². The number of hydrogen-bond acceptors (Lipinski definition) is 4. The van der Waals surface area contributed by atoms with Gasteiger partial charge in [0.15, 0.2) is 0 Å². The van der Waals surface area contributed by atoms with Gasteiger partial charge in [0, 0.05) is 11.8 Å². The SMILES string of the molecule is O=C(O)CCC/C=C\C[C@H]1[C@H](NS(=O)(=O)c2ccc(F)cc2)C2CC1(c1ccc(F)cc1)CO2. The molecular formula is C25H27F2NO5S. The molecule has 2 aliphatic rings. The molecule has 1 aliphatic carbocycles. The zero-order valence-electron chi connectivity index (χ0n) is 18.5. The van der Waals surface area contributed by atoms with Gasteiger partial charge in [-0.15, -0.1) is 0 Å². The summed E-state index contributed by atoms with van der Waals surface area (Å²) >= 11 is 0. The summed E-state index contributed by atoms with van der Waals surface area (Å²) in [4.78, 5) is 10.7. The molecule has 0 amide bonds. The van der Waals surface area contributed by atoms with Gasteiger partial charge in [0.25, 0.3) is 0 Å². The number of sulfonamides is 1. The van der Waals surface area contributed by atoms with Crippen molar-refractivity contribution in [1.82, 2.24) is 4.72 Å². The standard InChI is InChI=1S/C25H27F2NO5S/c26-18-9-7-17(8-10-18)25-15-22(33-16-25)24(21(25)5-3-1-2-4-6-23(29)30)28-34(31,32)20-13-11-19(27)12-14-20/h1,3,7-14,21-22,24,28H,2,4-6,15-16H2,(H,29,30)/b3-1-/t21-,22?,24-,25?/m0/s1. The Kier molecular flexibility index (Phi) is 7.16. The Bertz CT molecular complexity index is 1150. The van der Waals surface area contributed by atoms with Crippen LogP contribution in [0.5, 0.6) is 0 Å². The monoisotopic (exact) mass is 491 g/mol. The number of benzene rings is 2. The quantitative estimate of drug-likeness (QED) is 0.385. The van der Waals surface area contributed by atoms with E-state index < -0.39 is 33.3 Å². The highest BCUT2D eigenvalue weighted by molar-refractivity contribution is 7.89. The van der Waals surface area contributed by atoms with E-state index >= 15 is 0 Å². The molecule has 34 heavy (non-hydrogen) atoms. The largest absolute Gasteiger partial charge is 0.481 e. The van der Waals surface area contributed by atoms with E-state index in [2.05, 4.69) is 4.72 Å². The van der Waals surface area contributed by atoms with Crippen molar-refractivity contribution < 1.29 is 31.8 Å². The molecule has 2 aromatic rings. The van der Waals surface area contributed by atoms with Gasteiger partial charge in [0.2, 0.25) is 10.0 Å². The van der Waals surface area contributed by atoms with Crippen LogP contribution in [0.1, 0.15) is 37.7 Å². The second-order valence-corrected chi connectivity index (χ2v) is 10.6. The van der Waals surface area contributed by atoms with Gasteiger partial charge < -0.3 is 9.84 Å². The maximum Gasteiger partial charge on any atom is 0.303 e. The number of halogens is 2. The lowest BCUT2D eigenvalue weighted by molar-refractivity contribution is -0.137. The van der Waals surface area contributed by atoms with E-state index in [0.717, 1.165) is 17.7 Å². The maximum absolute atomic E-state index is 13.6. The van der Waals surface area contributed by atoms with Crippen LogP contribution in [0.2, 0.25) is 0 Å². The molecule has 2 unspecified atom stereocenters. The lowest BCUT2D eigenvalue weighted by Gasteiger charge is -2.39. The number of carbonyl (C=O) groups is 1. The zero-order valence-corrected chi connectivity index (χ0v) is 19.3. The predicted molar refractivity (Wildman–Crippen MR) is 122 cm³/mol. The van der Waals surface area contributed by atoms with Crippen LogP contribution in [-0.2, 0) is 25.0 Å². The molecule has 2 N–H and O–H groups in total. The number of hydrogen-bond donors (Lipinski definition) is 2. The van der Waals surface area contributed by atoms with Gasteiger partial charge in [-0.1, -0.05) is 24.3 Å². The van der Waals surface area contributed by atoms with E-state index in [1.54, 1.807) is 12.1 Å². The van der Waals surface area contributed by atoms with Crippen LogP contribution in [0, 0.1) is 17.6 Å². The molecule has 1 heterocycles. The lowest BCUT2D eigenvalue weighted by atomic mass is 9.71. The Balaban J connectivity index is 1.59. The number of rotatable bonds is 10. The van der Waals surface area contributed by atoms with E-state index in [0.29, 0.717) is 32.3 Å². The van der Waals surface area contributed by atoms with Crippen LogP contribution >= 0.6 is 0 Å². The Morgan fingerprint density at radius 3 is 2.38 bits per heavy atom. The number of unbranched alkanes of at least 4 members (excludes halogenated alkanes) is 1. The fourth-order valence-corrected chi connectivity index (χ4v) is 6.45. The Hall–Kier alpha value is -2.62. The van der Waals surface area contributed by atoms with Gasteiger partial charge in [0.1, 0.15) is 11.6 Å². The summed E-state index contributed by atoms with van der Waals surface area (Å²) in [6.45, 7) is 0.398. The fourth-order valence-electron chi connectivity index (χ4n) is 5.14. The molecule has 1 saturated carbocycles. The first-order valence-electron chi connectivity index (χ1n) is 11.2. The molecule has 2 aromatic carbocycles. The molecule has 1 saturated heterocycles. The second-order valence-electron chi connectivity index (χ2n) is 8.92. The van der Waals surface area contributed by atoms with Gasteiger partial charge in [-0.3, -0.25) is 4.79 Å². The zero-order chi connectivity index (χ0) is 24.3. The van der Waals surface area contributed by atoms with Gasteiger partial charge in [-0.05, 0) is 73.6 Å². The first kappa shape index (κ1) is 24.5. The van der Waals surface area contributed by atoms with E-state index in [1.807, 2.05) is 12.2 Å². The topological polar surface area (TPSA) is 92.7 Å². The number of ether oxygens (including phenoxy) is 1. The average Bonchev–Trinajstić information content (AvgIpc) is 3.35. The van der Waals surface area contributed by atoms with Gasteiger partial charge in [-0.25, -0.2) is 21.9 Å². The van der Waals surface area contributed by atoms with Crippen LogP contribution in [0.15, 0.2) is 65.6 Å². The predicted octanol–water partition coefficient (Wildman–Crippen LogP) is 4.17. The van der Waals surface area contributed by atoms with Gasteiger partial charge in [0.05, 0.1) is 23.6 Å². The van der Waals surface area contributed by atoms with Crippen LogP contribution in [0.3, 0.4) is 0 Å². The van der Waals surface area contributed by atoms with Crippen LogP contribution in [-0.4, -0.2) is 38.2 Å². The van der Waals surface area contributed by atoms with Gasteiger partial charge >= 0.3 is 5.97 Å². The smallest absolute Gasteiger partial charge is 0.303 e. The van der Waals surface area contributed by atoms with Crippen molar-refractivity contribution in [2.75, 3.05) is 6.61 Å². The van der Waals surface area contributed by atoms with Gasteiger partial charge in [-0.2, -0.15) is 0 Å². The summed E-state index contributed by atoms with van der Waals surface area (Å²) in [5.41, 5.74) is 0.406. The molecule has 2 fully saturated rings. The molecule has 6 nitrogen and oxygen atoms in total. The Labute approximate surface area is 197 Å².